The lowest BCUT2D eigenvalue weighted by Gasteiger charge is -2.11. The molecule has 1 aromatic heterocycles. The van der Waals surface area contributed by atoms with Crippen molar-refractivity contribution in [1.29, 1.82) is 0 Å². The van der Waals surface area contributed by atoms with E-state index in [0.717, 1.165) is 6.26 Å². The van der Waals surface area contributed by atoms with E-state index in [9.17, 15) is 17.6 Å². The summed E-state index contributed by atoms with van der Waals surface area (Å²) in [5, 5.41) is 7.58. The van der Waals surface area contributed by atoms with Crippen molar-refractivity contribution in [3.63, 3.8) is 0 Å². The molecular weight excluding hydrogens is 476 g/mol. The summed E-state index contributed by atoms with van der Waals surface area (Å²) < 4.78 is 39.7. The van der Waals surface area contributed by atoms with Crippen molar-refractivity contribution in [2.45, 2.75) is 11.3 Å². The molecule has 164 valence electrons. The number of carbonyl (C=O) groups is 1. The van der Waals surface area contributed by atoms with Crippen LogP contribution in [0.3, 0.4) is 0 Å². The van der Waals surface area contributed by atoms with Crippen LogP contribution < -0.4 is 5.32 Å². The number of nitrogens with zero attached hydrogens (tertiary/aromatic N) is 2. The van der Waals surface area contributed by atoms with Crippen molar-refractivity contribution < 1.29 is 17.6 Å². The highest BCUT2D eigenvalue weighted by Gasteiger charge is 2.22. The number of benzene rings is 3. The van der Waals surface area contributed by atoms with Crippen LogP contribution in [0.4, 0.5) is 10.1 Å². The van der Waals surface area contributed by atoms with Gasteiger partial charge in [0.2, 0.25) is 5.91 Å². The van der Waals surface area contributed by atoms with E-state index in [0.29, 0.717) is 21.8 Å². The zero-order chi connectivity index (χ0) is 23.0. The fraction of sp³-hybridized carbons (Fsp3) is 0.0909. The molecule has 0 spiro atoms. The van der Waals surface area contributed by atoms with Gasteiger partial charge in [-0.3, -0.25) is 4.79 Å². The molecule has 1 amide bonds. The van der Waals surface area contributed by atoms with Gasteiger partial charge in [-0.25, -0.2) is 17.5 Å². The van der Waals surface area contributed by atoms with E-state index >= 15 is 0 Å². The minimum absolute atomic E-state index is 0.00387. The van der Waals surface area contributed by atoms with Crippen LogP contribution >= 0.6 is 23.2 Å². The number of hydrogen-bond acceptors (Lipinski definition) is 4. The number of nitrogens with one attached hydrogen (secondary N) is 1. The Balaban J connectivity index is 1.81. The van der Waals surface area contributed by atoms with Gasteiger partial charge in [-0.15, -0.1) is 0 Å². The van der Waals surface area contributed by atoms with E-state index in [1.165, 1.54) is 35.0 Å². The van der Waals surface area contributed by atoms with Gasteiger partial charge in [-0.1, -0.05) is 41.4 Å². The Bertz CT molecular complexity index is 1450. The van der Waals surface area contributed by atoms with E-state index in [1.54, 1.807) is 30.3 Å². The molecule has 0 bridgehead atoms. The summed E-state index contributed by atoms with van der Waals surface area (Å²) in [4.78, 5) is 12.5. The van der Waals surface area contributed by atoms with Gasteiger partial charge < -0.3 is 5.32 Å². The molecule has 1 N–H and O–H groups in total. The van der Waals surface area contributed by atoms with Crippen LogP contribution in [-0.4, -0.2) is 30.4 Å². The molecule has 32 heavy (non-hydrogen) atoms. The van der Waals surface area contributed by atoms with Crippen molar-refractivity contribution in [3.8, 4) is 5.69 Å². The van der Waals surface area contributed by atoms with Crippen molar-refractivity contribution in [3.05, 3.63) is 82.2 Å². The quantitative estimate of drug-likeness (QED) is 0.423. The third kappa shape index (κ3) is 4.48. The van der Waals surface area contributed by atoms with Gasteiger partial charge in [0, 0.05) is 17.0 Å². The highest BCUT2D eigenvalue weighted by molar-refractivity contribution is 7.91. The molecule has 6 nitrogen and oxygen atoms in total. The lowest BCUT2D eigenvalue weighted by molar-refractivity contribution is -0.115. The standard InChI is InChI=1S/C22H16Cl2FN3O3S/c1-32(30,31)19-12-15(26-20(29)10-13-4-2-3-5-17(13)23)11-18-21(19)22(24)27-28(18)16-8-6-14(25)7-9-16/h2-9,11-12H,10H2,1H3,(H,26,29). The Morgan fingerprint density at radius 3 is 2.44 bits per heavy atom. The molecule has 0 fully saturated rings. The van der Waals surface area contributed by atoms with E-state index in [2.05, 4.69) is 10.4 Å². The van der Waals surface area contributed by atoms with E-state index in [-0.39, 0.29) is 33.5 Å². The lowest BCUT2D eigenvalue weighted by Crippen LogP contribution is -2.15. The van der Waals surface area contributed by atoms with Crippen LogP contribution in [0, 0.1) is 5.82 Å². The number of aromatic nitrogens is 2. The fourth-order valence-corrected chi connectivity index (χ4v) is 4.78. The summed E-state index contributed by atoms with van der Waals surface area (Å²) in [6.07, 6.45) is 1.05. The van der Waals surface area contributed by atoms with Crippen LogP contribution in [0.5, 0.6) is 0 Å². The summed E-state index contributed by atoms with van der Waals surface area (Å²) >= 11 is 12.4. The van der Waals surface area contributed by atoms with Gasteiger partial charge in [0.15, 0.2) is 15.0 Å². The number of sulfone groups is 1. The molecule has 0 unspecified atom stereocenters. The maximum Gasteiger partial charge on any atom is 0.228 e. The Labute approximate surface area is 193 Å². The molecule has 0 saturated carbocycles. The SMILES string of the molecule is CS(=O)(=O)c1cc(NC(=O)Cc2ccccc2Cl)cc2c1c(Cl)nn2-c1ccc(F)cc1. The third-order valence-corrected chi connectivity index (χ3v) is 6.52. The molecule has 1 heterocycles. The molecule has 4 rings (SSSR count). The van der Waals surface area contributed by atoms with Crippen molar-refractivity contribution in [2.75, 3.05) is 11.6 Å². The molecule has 0 aliphatic rings. The number of fused-ring (bicyclic) bond motifs is 1. The van der Waals surface area contributed by atoms with Crippen molar-refractivity contribution in [1.82, 2.24) is 9.78 Å². The Morgan fingerprint density at radius 2 is 1.78 bits per heavy atom. The van der Waals surface area contributed by atoms with Crippen molar-refractivity contribution in [2.24, 2.45) is 0 Å². The first-order chi connectivity index (χ1) is 15.1. The fourth-order valence-electron chi connectivity index (χ4n) is 3.33. The minimum atomic E-state index is -3.72. The average Bonchev–Trinajstić information content (AvgIpc) is 3.05. The van der Waals surface area contributed by atoms with Gasteiger partial charge >= 0.3 is 0 Å². The second-order valence-electron chi connectivity index (χ2n) is 7.14. The molecule has 0 radical (unpaired) electrons. The van der Waals surface area contributed by atoms with Gasteiger partial charge in [0.1, 0.15) is 5.82 Å². The monoisotopic (exact) mass is 491 g/mol. The Hall–Kier alpha value is -2.94. The van der Waals surface area contributed by atoms with Gasteiger partial charge in [-0.05, 0) is 48.0 Å². The highest BCUT2D eigenvalue weighted by atomic mass is 35.5. The number of halogens is 3. The van der Waals surface area contributed by atoms with Crippen molar-refractivity contribution >= 4 is 55.5 Å². The molecule has 0 aliphatic carbocycles. The van der Waals surface area contributed by atoms with Crippen LogP contribution in [0.15, 0.2) is 65.6 Å². The van der Waals surface area contributed by atoms with Crippen LogP contribution in [0.25, 0.3) is 16.6 Å². The predicted molar refractivity (Wildman–Crippen MR) is 123 cm³/mol. The first-order valence-electron chi connectivity index (χ1n) is 9.35. The first kappa shape index (κ1) is 22.3. The summed E-state index contributed by atoms with van der Waals surface area (Å²) in [7, 11) is -3.72. The largest absolute Gasteiger partial charge is 0.326 e. The molecule has 0 aliphatic heterocycles. The topological polar surface area (TPSA) is 81.1 Å². The van der Waals surface area contributed by atoms with Crippen LogP contribution in [0.1, 0.15) is 5.56 Å². The van der Waals surface area contributed by atoms with Gasteiger partial charge in [0.05, 0.1) is 27.9 Å². The number of carbonyl (C=O) groups excluding carboxylic acids is 1. The maximum atomic E-state index is 13.4. The summed E-state index contributed by atoms with van der Waals surface area (Å²) in [6, 6.07) is 15.3. The number of anilines is 1. The van der Waals surface area contributed by atoms with Crippen LogP contribution in [-0.2, 0) is 21.1 Å². The third-order valence-electron chi connectivity index (χ3n) is 4.77. The van der Waals surface area contributed by atoms with Gasteiger partial charge in [0.25, 0.3) is 0 Å². The molecule has 0 atom stereocenters. The molecule has 4 aromatic rings. The molecule has 3 aromatic carbocycles. The normalized spacial score (nSPS) is 11.6. The van der Waals surface area contributed by atoms with E-state index in [1.807, 2.05) is 0 Å². The Morgan fingerprint density at radius 1 is 1.09 bits per heavy atom. The van der Waals surface area contributed by atoms with E-state index < -0.39 is 15.7 Å². The minimum Gasteiger partial charge on any atom is -0.326 e. The highest BCUT2D eigenvalue weighted by Crippen LogP contribution is 2.34. The first-order valence-corrected chi connectivity index (χ1v) is 12.0. The molecule has 10 heteroatoms. The second kappa shape index (κ2) is 8.54. The Kier molecular flexibility index (Phi) is 5.94. The summed E-state index contributed by atoms with van der Waals surface area (Å²) in [5.41, 5.74) is 1.70. The summed E-state index contributed by atoms with van der Waals surface area (Å²) in [6.45, 7) is 0. The lowest BCUT2D eigenvalue weighted by atomic mass is 10.1. The molecule has 0 saturated heterocycles. The number of hydrogen-bond donors (Lipinski definition) is 1. The predicted octanol–water partition coefficient (Wildman–Crippen LogP) is 5.06. The van der Waals surface area contributed by atoms with Gasteiger partial charge in [-0.2, -0.15) is 5.10 Å². The zero-order valence-electron chi connectivity index (χ0n) is 16.6. The number of amides is 1. The zero-order valence-corrected chi connectivity index (χ0v) is 19.0. The smallest absolute Gasteiger partial charge is 0.228 e. The summed E-state index contributed by atoms with van der Waals surface area (Å²) in [5.74, 6) is -0.809. The average molecular weight is 492 g/mol. The second-order valence-corrected chi connectivity index (χ2v) is 9.89. The van der Waals surface area contributed by atoms with Crippen LogP contribution in [0.2, 0.25) is 10.2 Å². The molecular formula is C22H16Cl2FN3O3S. The maximum absolute atomic E-state index is 13.4. The van der Waals surface area contributed by atoms with E-state index in [4.69, 9.17) is 23.2 Å². The number of rotatable bonds is 5.